The Balaban J connectivity index is 2.19. The van der Waals surface area contributed by atoms with Gasteiger partial charge in [0.25, 0.3) is 0 Å². The maximum Gasteiger partial charge on any atom is 0.145 e. The Morgan fingerprint density at radius 2 is 2.06 bits per heavy atom. The van der Waals surface area contributed by atoms with Crippen molar-refractivity contribution in [3.63, 3.8) is 0 Å². The molecular formula is C14H18N2O2. The van der Waals surface area contributed by atoms with Crippen LogP contribution in [0.5, 0.6) is 11.5 Å². The van der Waals surface area contributed by atoms with Crippen molar-refractivity contribution in [2.24, 2.45) is 5.41 Å². The SMILES string of the molecule is COc1cc(C)c(NCC2(C#N)CC2)c(OC)c1. The monoisotopic (exact) mass is 246 g/mol. The van der Waals surface area contributed by atoms with Crippen molar-refractivity contribution in [1.29, 1.82) is 5.26 Å². The zero-order valence-electron chi connectivity index (χ0n) is 11.0. The highest BCUT2D eigenvalue weighted by atomic mass is 16.5. The fraction of sp³-hybridized carbons (Fsp3) is 0.500. The molecule has 0 atom stereocenters. The van der Waals surface area contributed by atoms with Gasteiger partial charge in [0.1, 0.15) is 11.5 Å². The number of aryl methyl sites for hydroxylation is 1. The molecule has 1 fully saturated rings. The zero-order chi connectivity index (χ0) is 13.2. The molecule has 0 heterocycles. The van der Waals surface area contributed by atoms with Crippen LogP contribution in [0.25, 0.3) is 0 Å². The van der Waals surface area contributed by atoms with E-state index in [0.717, 1.165) is 35.6 Å². The second-order valence-corrected chi connectivity index (χ2v) is 4.77. The summed E-state index contributed by atoms with van der Waals surface area (Å²) < 4.78 is 10.6. The van der Waals surface area contributed by atoms with E-state index in [4.69, 9.17) is 14.7 Å². The average molecular weight is 246 g/mol. The van der Waals surface area contributed by atoms with Crippen molar-refractivity contribution in [3.05, 3.63) is 17.7 Å². The number of hydrogen-bond donors (Lipinski definition) is 1. The molecule has 0 saturated heterocycles. The van der Waals surface area contributed by atoms with Crippen LogP contribution < -0.4 is 14.8 Å². The molecule has 2 rings (SSSR count). The van der Waals surface area contributed by atoms with E-state index in [1.165, 1.54) is 0 Å². The van der Waals surface area contributed by atoms with Gasteiger partial charge in [0.2, 0.25) is 0 Å². The molecule has 18 heavy (non-hydrogen) atoms. The van der Waals surface area contributed by atoms with Gasteiger partial charge in [-0.25, -0.2) is 0 Å². The Labute approximate surface area is 108 Å². The quantitative estimate of drug-likeness (QED) is 0.868. The highest BCUT2D eigenvalue weighted by Gasteiger charge is 2.43. The second kappa shape index (κ2) is 4.77. The van der Waals surface area contributed by atoms with Crippen molar-refractivity contribution in [2.75, 3.05) is 26.1 Å². The third kappa shape index (κ3) is 2.35. The summed E-state index contributed by atoms with van der Waals surface area (Å²) in [5.74, 6) is 1.52. The summed E-state index contributed by atoms with van der Waals surface area (Å²) >= 11 is 0. The lowest BCUT2D eigenvalue weighted by Gasteiger charge is -2.16. The number of nitriles is 1. The fourth-order valence-electron chi connectivity index (χ4n) is 1.96. The first-order chi connectivity index (χ1) is 8.64. The molecule has 1 saturated carbocycles. The molecule has 0 amide bonds. The van der Waals surface area contributed by atoms with E-state index in [1.807, 2.05) is 19.1 Å². The van der Waals surface area contributed by atoms with Crippen LogP contribution in [0.3, 0.4) is 0 Å². The highest BCUT2D eigenvalue weighted by molar-refractivity contribution is 5.64. The zero-order valence-corrected chi connectivity index (χ0v) is 11.0. The van der Waals surface area contributed by atoms with Crippen LogP contribution in [0.15, 0.2) is 12.1 Å². The number of anilines is 1. The molecule has 96 valence electrons. The third-order valence-electron chi connectivity index (χ3n) is 3.42. The van der Waals surface area contributed by atoms with E-state index in [9.17, 15) is 0 Å². The lowest BCUT2D eigenvalue weighted by atomic mass is 10.1. The first-order valence-corrected chi connectivity index (χ1v) is 6.02. The smallest absolute Gasteiger partial charge is 0.145 e. The summed E-state index contributed by atoms with van der Waals surface area (Å²) in [6.07, 6.45) is 1.96. The van der Waals surface area contributed by atoms with E-state index in [0.29, 0.717) is 6.54 Å². The summed E-state index contributed by atoms with van der Waals surface area (Å²) in [5.41, 5.74) is 1.83. The summed E-state index contributed by atoms with van der Waals surface area (Å²) in [5, 5.41) is 12.4. The van der Waals surface area contributed by atoms with E-state index in [-0.39, 0.29) is 5.41 Å². The number of ether oxygens (including phenoxy) is 2. The van der Waals surface area contributed by atoms with Crippen molar-refractivity contribution >= 4 is 5.69 Å². The molecule has 1 aliphatic rings. The fourth-order valence-corrected chi connectivity index (χ4v) is 1.96. The minimum Gasteiger partial charge on any atom is -0.497 e. The van der Waals surface area contributed by atoms with Crippen LogP contribution in [0.2, 0.25) is 0 Å². The van der Waals surface area contributed by atoms with Crippen molar-refractivity contribution in [2.45, 2.75) is 19.8 Å². The van der Waals surface area contributed by atoms with Crippen molar-refractivity contribution in [1.82, 2.24) is 0 Å². The number of methoxy groups -OCH3 is 2. The van der Waals surface area contributed by atoms with Gasteiger partial charge in [0.15, 0.2) is 0 Å². The summed E-state index contributed by atoms with van der Waals surface area (Å²) in [6.45, 7) is 2.67. The van der Waals surface area contributed by atoms with Gasteiger partial charge in [-0.05, 0) is 31.4 Å². The van der Waals surface area contributed by atoms with Crippen LogP contribution in [0, 0.1) is 23.7 Å². The van der Waals surface area contributed by atoms with Crippen LogP contribution in [-0.4, -0.2) is 20.8 Å². The molecule has 1 aromatic carbocycles. The van der Waals surface area contributed by atoms with Gasteiger partial charge < -0.3 is 14.8 Å². The molecular weight excluding hydrogens is 228 g/mol. The van der Waals surface area contributed by atoms with E-state index in [2.05, 4.69) is 11.4 Å². The molecule has 1 aliphatic carbocycles. The Kier molecular flexibility index (Phi) is 3.33. The largest absolute Gasteiger partial charge is 0.497 e. The van der Waals surface area contributed by atoms with Crippen molar-refractivity contribution < 1.29 is 9.47 Å². The van der Waals surface area contributed by atoms with Gasteiger partial charge in [-0.2, -0.15) is 5.26 Å². The number of benzene rings is 1. The maximum absolute atomic E-state index is 9.07. The third-order valence-corrected chi connectivity index (χ3v) is 3.42. The molecule has 0 unspecified atom stereocenters. The van der Waals surface area contributed by atoms with Crippen LogP contribution in [-0.2, 0) is 0 Å². The molecule has 1 N–H and O–H groups in total. The van der Waals surface area contributed by atoms with Crippen LogP contribution in [0.4, 0.5) is 5.69 Å². The molecule has 0 aliphatic heterocycles. The molecule has 1 aromatic rings. The summed E-state index contributed by atoms with van der Waals surface area (Å²) in [7, 11) is 3.27. The Hall–Kier alpha value is -1.89. The van der Waals surface area contributed by atoms with E-state index >= 15 is 0 Å². The molecule has 0 radical (unpaired) electrons. The molecule has 0 spiro atoms. The first-order valence-electron chi connectivity index (χ1n) is 6.02. The van der Waals surface area contributed by atoms with Crippen LogP contribution >= 0.6 is 0 Å². The summed E-state index contributed by atoms with van der Waals surface area (Å²) in [6, 6.07) is 6.18. The molecule has 0 aromatic heterocycles. The lowest BCUT2D eigenvalue weighted by Crippen LogP contribution is -2.14. The van der Waals surface area contributed by atoms with Gasteiger partial charge in [0, 0.05) is 12.6 Å². The predicted molar refractivity (Wildman–Crippen MR) is 70.1 cm³/mol. The molecule has 4 heteroatoms. The second-order valence-electron chi connectivity index (χ2n) is 4.77. The molecule has 4 nitrogen and oxygen atoms in total. The Bertz CT molecular complexity index is 487. The normalized spacial score (nSPS) is 15.7. The highest BCUT2D eigenvalue weighted by Crippen LogP contribution is 2.45. The van der Waals surface area contributed by atoms with Gasteiger partial charge in [0.05, 0.1) is 31.4 Å². The topological polar surface area (TPSA) is 54.3 Å². The first kappa shape index (κ1) is 12.6. The van der Waals surface area contributed by atoms with Gasteiger partial charge >= 0.3 is 0 Å². The van der Waals surface area contributed by atoms with Gasteiger partial charge in [-0.15, -0.1) is 0 Å². The van der Waals surface area contributed by atoms with E-state index < -0.39 is 0 Å². The van der Waals surface area contributed by atoms with Gasteiger partial charge in [-0.3, -0.25) is 0 Å². The van der Waals surface area contributed by atoms with Crippen LogP contribution in [0.1, 0.15) is 18.4 Å². The van der Waals surface area contributed by atoms with Gasteiger partial charge in [-0.1, -0.05) is 0 Å². The maximum atomic E-state index is 9.07. The number of rotatable bonds is 5. The molecule has 0 bridgehead atoms. The lowest BCUT2D eigenvalue weighted by molar-refractivity contribution is 0.395. The minimum absolute atomic E-state index is 0.169. The number of hydrogen-bond acceptors (Lipinski definition) is 4. The Morgan fingerprint density at radius 1 is 1.33 bits per heavy atom. The summed E-state index contributed by atoms with van der Waals surface area (Å²) in [4.78, 5) is 0. The van der Waals surface area contributed by atoms with Crippen molar-refractivity contribution in [3.8, 4) is 17.6 Å². The standard InChI is InChI=1S/C14H18N2O2/c1-10-6-11(17-2)7-12(18-3)13(10)16-9-14(8-15)4-5-14/h6-7,16H,4-5,9H2,1-3H3. The average Bonchev–Trinajstić information content (AvgIpc) is 3.17. The number of nitrogens with one attached hydrogen (secondary N) is 1. The number of nitrogens with zero attached hydrogens (tertiary/aromatic N) is 1. The Morgan fingerprint density at radius 3 is 2.56 bits per heavy atom. The minimum atomic E-state index is -0.169. The van der Waals surface area contributed by atoms with E-state index in [1.54, 1.807) is 14.2 Å². The predicted octanol–water partition coefficient (Wildman–Crippen LogP) is 2.73.